The standard InChI is InChI=1S/C29H23ClN2O6S/c30-23-13-18(8-9-24(23)38-17-19-4-3-7-21(12-19)28(35)36)14-25-27(34)32(29(37)39-25)16-26(33)31-11-10-20-5-1-2-6-22(20)15-31/h1-9,12-14H,10-11,15-17H2,(H,35,36)/b25-14-. The topological polar surface area (TPSA) is 104 Å². The number of ether oxygens (including phenoxy) is 1. The minimum Gasteiger partial charge on any atom is -0.487 e. The monoisotopic (exact) mass is 562 g/mol. The summed E-state index contributed by atoms with van der Waals surface area (Å²) in [5, 5.41) is 8.93. The highest BCUT2D eigenvalue weighted by Gasteiger charge is 2.37. The summed E-state index contributed by atoms with van der Waals surface area (Å²) >= 11 is 7.16. The predicted octanol–water partition coefficient (Wildman–Crippen LogP) is 5.24. The maximum absolute atomic E-state index is 13.0. The molecule has 8 nitrogen and oxygen atoms in total. The fourth-order valence-electron chi connectivity index (χ4n) is 4.41. The quantitative estimate of drug-likeness (QED) is 0.393. The zero-order valence-electron chi connectivity index (χ0n) is 20.6. The van der Waals surface area contributed by atoms with Gasteiger partial charge in [0.2, 0.25) is 5.91 Å². The van der Waals surface area contributed by atoms with Gasteiger partial charge in [-0.05, 0) is 70.8 Å². The zero-order valence-corrected chi connectivity index (χ0v) is 22.2. The number of carbonyl (C=O) groups is 4. The van der Waals surface area contributed by atoms with E-state index in [1.807, 2.05) is 24.3 Å². The highest BCUT2D eigenvalue weighted by atomic mass is 35.5. The number of amides is 3. The number of hydrogen-bond donors (Lipinski definition) is 1. The Kier molecular flexibility index (Phi) is 7.72. The Labute approximate surface area is 233 Å². The first-order chi connectivity index (χ1) is 18.8. The number of hydrogen-bond acceptors (Lipinski definition) is 6. The van der Waals surface area contributed by atoms with Gasteiger partial charge in [-0.3, -0.25) is 19.3 Å². The van der Waals surface area contributed by atoms with Gasteiger partial charge in [0.05, 0.1) is 15.5 Å². The summed E-state index contributed by atoms with van der Waals surface area (Å²) < 4.78 is 5.74. The third-order valence-corrected chi connectivity index (χ3v) is 7.68. The molecule has 3 amide bonds. The van der Waals surface area contributed by atoms with Gasteiger partial charge in [-0.15, -0.1) is 0 Å². The second kappa shape index (κ2) is 11.3. The van der Waals surface area contributed by atoms with Crippen molar-refractivity contribution < 1.29 is 29.0 Å². The normalized spacial score (nSPS) is 16.0. The molecular formula is C29H23ClN2O6S. The smallest absolute Gasteiger partial charge is 0.335 e. The van der Waals surface area contributed by atoms with Crippen LogP contribution in [0.5, 0.6) is 5.75 Å². The van der Waals surface area contributed by atoms with Crippen LogP contribution in [-0.4, -0.2) is 51.0 Å². The molecule has 0 spiro atoms. The van der Waals surface area contributed by atoms with Crippen LogP contribution in [0, 0.1) is 0 Å². The van der Waals surface area contributed by atoms with Crippen LogP contribution in [-0.2, 0) is 29.2 Å². The van der Waals surface area contributed by atoms with Crippen LogP contribution in [0.2, 0.25) is 5.02 Å². The summed E-state index contributed by atoms with van der Waals surface area (Å²) in [4.78, 5) is 52.5. The van der Waals surface area contributed by atoms with Crippen molar-refractivity contribution >= 4 is 52.5 Å². The second-order valence-electron chi connectivity index (χ2n) is 9.09. The number of carboxylic acids is 1. The van der Waals surface area contributed by atoms with Gasteiger partial charge in [0.15, 0.2) is 0 Å². The molecule has 0 aliphatic carbocycles. The summed E-state index contributed by atoms with van der Waals surface area (Å²) in [5.41, 5.74) is 3.70. The molecule has 198 valence electrons. The molecule has 3 aromatic rings. The van der Waals surface area contributed by atoms with Gasteiger partial charge < -0.3 is 14.7 Å². The van der Waals surface area contributed by atoms with Crippen molar-refractivity contribution in [3.8, 4) is 5.75 Å². The van der Waals surface area contributed by atoms with E-state index in [9.17, 15) is 19.2 Å². The molecule has 10 heteroatoms. The van der Waals surface area contributed by atoms with Crippen molar-refractivity contribution in [3.05, 3.63) is 104 Å². The van der Waals surface area contributed by atoms with Crippen LogP contribution in [0.3, 0.4) is 0 Å². The summed E-state index contributed by atoms with van der Waals surface area (Å²) in [6.07, 6.45) is 2.29. The maximum Gasteiger partial charge on any atom is 0.335 e. The van der Waals surface area contributed by atoms with E-state index in [1.165, 1.54) is 17.7 Å². The zero-order chi connectivity index (χ0) is 27.5. The van der Waals surface area contributed by atoms with E-state index in [1.54, 1.807) is 41.3 Å². The lowest BCUT2D eigenvalue weighted by atomic mass is 10.00. The lowest BCUT2D eigenvalue weighted by Crippen LogP contribution is -2.44. The largest absolute Gasteiger partial charge is 0.487 e. The number of imide groups is 1. The Morgan fingerprint density at radius 2 is 1.82 bits per heavy atom. The van der Waals surface area contributed by atoms with E-state index in [2.05, 4.69) is 0 Å². The van der Waals surface area contributed by atoms with E-state index < -0.39 is 17.1 Å². The number of fused-ring (bicyclic) bond motifs is 1. The van der Waals surface area contributed by atoms with Gasteiger partial charge in [0.25, 0.3) is 11.1 Å². The molecule has 0 radical (unpaired) electrons. The summed E-state index contributed by atoms with van der Waals surface area (Å²) in [6, 6.07) is 19.3. The van der Waals surface area contributed by atoms with E-state index in [0.29, 0.717) is 30.0 Å². The molecule has 1 saturated heterocycles. The lowest BCUT2D eigenvalue weighted by molar-refractivity contribution is -0.136. The Morgan fingerprint density at radius 3 is 2.59 bits per heavy atom. The van der Waals surface area contributed by atoms with E-state index >= 15 is 0 Å². The molecule has 5 rings (SSSR count). The third-order valence-electron chi connectivity index (χ3n) is 6.47. The molecule has 2 aliphatic heterocycles. The lowest BCUT2D eigenvalue weighted by Gasteiger charge is -2.29. The molecule has 0 atom stereocenters. The number of halogens is 1. The molecular weight excluding hydrogens is 540 g/mol. The fourth-order valence-corrected chi connectivity index (χ4v) is 5.49. The minimum atomic E-state index is -1.02. The van der Waals surface area contributed by atoms with Crippen molar-refractivity contribution in [1.82, 2.24) is 9.80 Å². The fraction of sp³-hybridized carbons (Fsp3) is 0.172. The van der Waals surface area contributed by atoms with Gasteiger partial charge in [-0.25, -0.2) is 4.79 Å². The first kappa shape index (κ1) is 26.5. The van der Waals surface area contributed by atoms with E-state index in [-0.39, 0.29) is 34.6 Å². The van der Waals surface area contributed by atoms with E-state index in [0.717, 1.165) is 28.6 Å². The number of benzene rings is 3. The van der Waals surface area contributed by atoms with Gasteiger partial charge in [0, 0.05) is 13.1 Å². The van der Waals surface area contributed by atoms with Crippen molar-refractivity contribution in [2.75, 3.05) is 13.1 Å². The minimum absolute atomic E-state index is 0.121. The van der Waals surface area contributed by atoms with Gasteiger partial charge in [-0.1, -0.05) is 54.1 Å². The van der Waals surface area contributed by atoms with Crippen LogP contribution in [0.15, 0.2) is 71.6 Å². The molecule has 2 aliphatic rings. The molecule has 1 N–H and O–H groups in total. The number of aromatic carboxylic acids is 1. The predicted molar refractivity (Wildman–Crippen MR) is 147 cm³/mol. The summed E-state index contributed by atoms with van der Waals surface area (Å²) in [6.45, 7) is 0.815. The second-order valence-corrected chi connectivity index (χ2v) is 10.5. The van der Waals surface area contributed by atoms with Crippen molar-refractivity contribution in [3.63, 3.8) is 0 Å². The van der Waals surface area contributed by atoms with Crippen LogP contribution >= 0.6 is 23.4 Å². The number of carboxylic acid groups (broad SMARTS) is 1. The number of rotatable bonds is 7. The third kappa shape index (κ3) is 6.00. The summed E-state index contributed by atoms with van der Waals surface area (Å²) in [7, 11) is 0. The van der Waals surface area contributed by atoms with Gasteiger partial charge >= 0.3 is 5.97 Å². The van der Waals surface area contributed by atoms with E-state index in [4.69, 9.17) is 21.4 Å². The first-order valence-electron chi connectivity index (χ1n) is 12.1. The Hall–Kier alpha value is -4.08. The van der Waals surface area contributed by atoms with Crippen LogP contribution in [0.4, 0.5) is 4.79 Å². The summed E-state index contributed by atoms with van der Waals surface area (Å²) in [5.74, 6) is -1.43. The van der Waals surface area contributed by atoms with Crippen LogP contribution in [0.1, 0.15) is 32.6 Å². The number of carbonyl (C=O) groups excluding carboxylic acids is 3. The van der Waals surface area contributed by atoms with Gasteiger partial charge in [-0.2, -0.15) is 0 Å². The molecule has 2 heterocycles. The average Bonchev–Trinajstić information content (AvgIpc) is 3.19. The highest BCUT2D eigenvalue weighted by Crippen LogP contribution is 2.34. The molecule has 3 aromatic carbocycles. The molecule has 0 aromatic heterocycles. The highest BCUT2D eigenvalue weighted by molar-refractivity contribution is 8.18. The first-order valence-corrected chi connectivity index (χ1v) is 13.3. The SMILES string of the molecule is O=C(O)c1cccc(COc2ccc(/C=C3\SC(=O)N(CC(=O)N4CCc5ccccc5C4)C3=O)cc2Cl)c1. The Morgan fingerprint density at radius 1 is 1.03 bits per heavy atom. The maximum atomic E-state index is 13.0. The Bertz CT molecular complexity index is 1520. The molecule has 0 saturated carbocycles. The molecule has 0 unspecified atom stereocenters. The molecule has 39 heavy (non-hydrogen) atoms. The van der Waals surface area contributed by atoms with Gasteiger partial charge in [0.1, 0.15) is 18.9 Å². The van der Waals surface area contributed by atoms with Crippen molar-refractivity contribution in [2.45, 2.75) is 19.6 Å². The molecule has 0 bridgehead atoms. The molecule has 1 fully saturated rings. The van der Waals surface area contributed by atoms with Crippen molar-refractivity contribution in [2.24, 2.45) is 0 Å². The van der Waals surface area contributed by atoms with Crippen LogP contribution < -0.4 is 4.74 Å². The number of nitrogens with zero attached hydrogens (tertiary/aromatic N) is 2. The Balaban J connectivity index is 1.22. The van der Waals surface area contributed by atoms with Crippen molar-refractivity contribution in [1.29, 1.82) is 0 Å². The average molecular weight is 563 g/mol. The van der Waals surface area contributed by atoms with Crippen LogP contribution in [0.25, 0.3) is 6.08 Å². The number of thioether (sulfide) groups is 1.